The number of aromatic carboxylic acids is 1. The van der Waals surface area contributed by atoms with Gasteiger partial charge in [-0.05, 0) is 24.3 Å². The van der Waals surface area contributed by atoms with Gasteiger partial charge in [0.25, 0.3) is 10.0 Å². The minimum absolute atomic E-state index is 0.0896. The summed E-state index contributed by atoms with van der Waals surface area (Å²) in [5.41, 5.74) is -0.0973. The average Bonchev–Trinajstić information content (AvgIpc) is 2.41. The molecule has 9 heteroatoms. The minimum Gasteiger partial charge on any atom is -0.478 e. The normalized spacial score (nSPS) is 11.1. The second-order valence-electron chi connectivity index (χ2n) is 3.89. The number of nitrogens with zero attached hydrogens (tertiary/aromatic N) is 1. The van der Waals surface area contributed by atoms with Gasteiger partial charge in [0, 0.05) is 6.20 Å². The molecule has 1 aromatic heterocycles. The molecular weight excluding hydrogens is 339 g/mol. The van der Waals surface area contributed by atoms with Gasteiger partial charge in [-0.15, -0.1) is 0 Å². The van der Waals surface area contributed by atoms with Crippen molar-refractivity contribution >= 4 is 45.0 Å². The summed E-state index contributed by atoms with van der Waals surface area (Å²) in [5, 5.41) is 8.83. The highest BCUT2D eigenvalue weighted by Crippen LogP contribution is 2.29. The highest BCUT2D eigenvalue weighted by molar-refractivity contribution is 7.92. The number of anilines is 1. The van der Waals surface area contributed by atoms with Crippen molar-refractivity contribution in [3.8, 4) is 0 Å². The molecule has 0 fully saturated rings. The third-order valence-electron chi connectivity index (χ3n) is 2.45. The van der Waals surface area contributed by atoms with Gasteiger partial charge < -0.3 is 5.11 Å². The minimum atomic E-state index is -4.03. The van der Waals surface area contributed by atoms with E-state index in [2.05, 4.69) is 9.71 Å². The van der Waals surface area contributed by atoms with E-state index in [0.29, 0.717) is 0 Å². The molecule has 21 heavy (non-hydrogen) atoms. The first-order chi connectivity index (χ1) is 9.81. The Kier molecular flexibility index (Phi) is 4.36. The molecule has 110 valence electrons. The van der Waals surface area contributed by atoms with Crippen LogP contribution >= 0.6 is 23.2 Å². The molecule has 0 aliphatic heterocycles. The fourth-order valence-electron chi connectivity index (χ4n) is 1.50. The van der Waals surface area contributed by atoms with Crippen LogP contribution in [0.5, 0.6) is 0 Å². The number of hydrogen-bond donors (Lipinski definition) is 2. The van der Waals surface area contributed by atoms with Crippen LogP contribution < -0.4 is 4.72 Å². The van der Waals surface area contributed by atoms with Crippen LogP contribution in [0.25, 0.3) is 0 Å². The Hall–Kier alpha value is -1.83. The summed E-state index contributed by atoms with van der Waals surface area (Å²) >= 11 is 11.6. The maximum Gasteiger partial charge on any atom is 0.335 e. The molecule has 0 radical (unpaired) electrons. The number of carbonyl (C=O) groups is 1. The van der Waals surface area contributed by atoms with E-state index in [1.807, 2.05) is 0 Å². The molecule has 0 saturated carbocycles. The molecule has 0 saturated heterocycles. The summed E-state index contributed by atoms with van der Waals surface area (Å²) in [7, 11) is -4.03. The van der Waals surface area contributed by atoms with E-state index in [-0.39, 0.29) is 26.3 Å². The van der Waals surface area contributed by atoms with Crippen molar-refractivity contribution in [2.75, 3.05) is 4.72 Å². The second kappa shape index (κ2) is 5.88. The number of carboxylic acid groups (broad SMARTS) is 1. The average molecular weight is 347 g/mol. The van der Waals surface area contributed by atoms with Crippen LogP contribution in [0.3, 0.4) is 0 Å². The van der Waals surface area contributed by atoms with Crippen LogP contribution in [-0.4, -0.2) is 24.5 Å². The number of hydrogen-bond acceptors (Lipinski definition) is 4. The van der Waals surface area contributed by atoms with Gasteiger partial charge in [0.2, 0.25) is 0 Å². The van der Waals surface area contributed by atoms with Gasteiger partial charge >= 0.3 is 5.97 Å². The molecule has 2 rings (SSSR count). The van der Waals surface area contributed by atoms with E-state index in [4.69, 9.17) is 28.3 Å². The maximum absolute atomic E-state index is 12.2. The van der Waals surface area contributed by atoms with Gasteiger partial charge in [0.1, 0.15) is 10.7 Å². The molecule has 0 bridgehead atoms. The molecule has 1 heterocycles. The Morgan fingerprint density at radius 3 is 2.62 bits per heavy atom. The first-order valence-corrected chi connectivity index (χ1v) is 7.71. The Morgan fingerprint density at radius 1 is 1.24 bits per heavy atom. The summed E-state index contributed by atoms with van der Waals surface area (Å²) in [4.78, 5) is 14.4. The number of aromatic nitrogens is 1. The molecule has 0 spiro atoms. The van der Waals surface area contributed by atoms with Crippen LogP contribution in [0, 0.1) is 0 Å². The highest BCUT2D eigenvalue weighted by Gasteiger charge is 2.20. The SMILES string of the molecule is O=C(O)c1ccnc(NS(=O)(=O)c2cccc(Cl)c2Cl)c1. The lowest BCUT2D eigenvalue weighted by Crippen LogP contribution is -2.15. The zero-order valence-electron chi connectivity index (χ0n) is 10.2. The van der Waals surface area contributed by atoms with Crippen LogP contribution in [0.1, 0.15) is 10.4 Å². The quantitative estimate of drug-likeness (QED) is 0.887. The number of benzene rings is 1. The lowest BCUT2D eigenvalue weighted by atomic mass is 10.3. The summed E-state index contributed by atoms with van der Waals surface area (Å²) in [6.07, 6.45) is 1.18. The first kappa shape index (κ1) is 15.6. The van der Waals surface area contributed by atoms with Gasteiger partial charge in [-0.1, -0.05) is 29.3 Å². The number of nitrogens with one attached hydrogen (secondary N) is 1. The molecular formula is C12H8Cl2N2O4S. The Bertz CT molecular complexity index is 809. The van der Waals surface area contributed by atoms with Crippen LogP contribution in [-0.2, 0) is 10.0 Å². The second-order valence-corrected chi connectivity index (χ2v) is 6.33. The zero-order valence-corrected chi connectivity index (χ0v) is 12.6. The number of halogens is 2. The molecule has 2 aromatic rings. The standard InChI is InChI=1S/C12H8Cl2N2O4S/c13-8-2-1-3-9(11(8)14)21(19,20)16-10-6-7(12(17)18)4-5-15-10/h1-6H,(H,15,16)(H,17,18). The van der Waals surface area contributed by atoms with Crippen LogP contribution in [0.2, 0.25) is 10.0 Å². The topological polar surface area (TPSA) is 96.4 Å². The highest BCUT2D eigenvalue weighted by atomic mass is 35.5. The van der Waals surface area contributed by atoms with E-state index >= 15 is 0 Å². The summed E-state index contributed by atoms with van der Waals surface area (Å²) in [6.45, 7) is 0. The fourth-order valence-corrected chi connectivity index (χ4v) is 3.27. The molecule has 2 N–H and O–H groups in total. The fraction of sp³-hybridized carbons (Fsp3) is 0. The lowest BCUT2D eigenvalue weighted by molar-refractivity contribution is 0.0697. The van der Waals surface area contributed by atoms with Gasteiger partial charge in [0.15, 0.2) is 0 Å². The lowest BCUT2D eigenvalue weighted by Gasteiger charge is -2.09. The molecule has 0 unspecified atom stereocenters. The third kappa shape index (κ3) is 3.44. The van der Waals surface area contributed by atoms with E-state index in [1.165, 1.54) is 30.5 Å². The molecule has 0 aliphatic carbocycles. The molecule has 0 amide bonds. The maximum atomic E-state index is 12.2. The van der Waals surface area contributed by atoms with Crippen molar-refractivity contribution in [2.24, 2.45) is 0 Å². The van der Waals surface area contributed by atoms with Crippen LogP contribution in [0.15, 0.2) is 41.4 Å². The predicted molar refractivity (Wildman–Crippen MR) is 78.5 cm³/mol. The van der Waals surface area contributed by atoms with E-state index < -0.39 is 16.0 Å². The van der Waals surface area contributed by atoms with Crippen LogP contribution in [0.4, 0.5) is 5.82 Å². The number of rotatable bonds is 4. The third-order valence-corrected chi connectivity index (χ3v) is 4.78. The molecule has 1 aromatic carbocycles. The van der Waals surface area contributed by atoms with Crippen molar-refractivity contribution in [3.63, 3.8) is 0 Å². The largest absolute Gasteiger partial charge is 0.478 e. The summed E-state index contributed by atoms with van der Waals surface area (Å²) in [6, 6.07) is 6.50. The monoisotopic (exact) mass is 346 g/mol. The molecule has 6 nitrogen and oxygen atoms in total. The van der Waals surface area contributed by atoms with Gasteiger partial charge in [-0.2, -0.15) is 0 Å². The zero-order chi connectivity index (χ0) is 15.6. The number of pyridine rings is 1. The Morgan fingerprint density at radius 2 is 1.95 bits per heavy atom. The number of carboxylic acids is 1. The van der Waals surface area contributed by atoms with Gasteiger partial charge in [-0.25, -0.2) is 18.2 Å². The first-order valence-electron chi connectivity index (χ1n) is 5.47. The Labute approximate surface area is 130 Å². The van der Waals surface area contributed by atoms with Crippen molar-refractivity contribution in [1.82, 2.24) is 4.98 Å². The predicted octanol–water partition coefficient (Wildman–Crippen LogP) is 2.89. The molecule has 0 aliphatic rings. The summed E-state index contributed by atoms with van der Waals surface area (Å²) < 4.78 is 26.6. The van der Waals surface area contributed by atoms with E-state index in [0.717, 1.165) is 6.07 Å². The van der Waals surface area contributed by atoms with E-state index in [1.54, 1.807) is 0 Å². The number of sulfonamides is 1. The van der Waals surface area contributed by atoms with E-state index in [9.17, 15) is 13.2 Å². The summed E-state index contributed by atoms with van der Waals surface area (Å²) in [5.74, 6) is -1.33. The van der Waals surface area contributed by atoms with Crippen molar-refractivity contribution in [1.29, 1.82) is 0 Å². The smallest absolute Gasteiger partial charge is 0.335 e. The Balaban J connectivity index is 2.40. The van der Waals surface area contributed by atoms with Crippen molar-refractivity contribution in [2.45, 2.75) is 4.90 Å². The molecule has 0 atom stereocenters. The van der Waals surface area contributed by atoms with Crippen molar-refractivity contribution in [3.05, 3.63) is 52.1 Å². The van der Waals surface area contributed by atoms with Crippen molar-refractivity contribution < 1.29 is 18.3 Å². The van der Waals surface area contributed by atoms with Gasteiger partial charge in [0.05, 0.1) is 15.6 Å². The van der Waals surface area contributed by atoms with Gasteiger partial charge in [-0.3, -0.25) is 4.72 Å².